The van der Waals surface area contributed by atoms with E-state index in [4.69, 9.17) is 44.3 Å². The van der Waals surface area contributed by atoms with Crippen molar-refractivity contribution in [1.29, 1.82) is 0 Å². The van der Waals surface area contributed by atoms with Crippen LogP contribution in [0, 0.1) is 5.92 Å². The van der Waals surface area contributed by atoms with Gasteiger partial charge in [0, 0.05) is 0 Å². The lowest BCUT2D eigenvalue weighted by atomic mass is 10.1. The number of hydrazone groups is 1. The summed E-state index contributed by atoms with van der Waals surface area (Å²) in [5, 5.41) is 4.87. The molecule has 8 heteroatoms. The number of benzene rings is 1. The van der Waals surface area contributed by atoms with Gasteiger partial charge in [0.1, 0.15) is 5.15 Å². The van der Waals surface area contributed by atoms with Crippen LogP contribution >= 0.6 is 34.8 Å². The van der Waals surface area contributed by atoms with Gasteiger partial charge in [-0.25, -0.2) is 4.98 Å². The van der Waals surface area contributed by atoms with Crippen LogP contribution < -0.4 is 14.9 Å². The van der Waals surface area contributed by atoms with E-state index in [2.05, 4.69) is 29.4 Å². The van der Waals surface area contributed by atoms with Gasteiger partial charge in [-0.05, 0) is 42.2 Å². The summed E-state index contributed by atoms with van der Waals surface area (Å²) in [6, 6.07) is 7.07. The van der Waals surface area contributed by atoms with Crippen LogP contribution in [-0.2, 0) is 0 Å². The highest BCUT2D eigenvalue weighted by Gasteiger charge is 2.08. The Hall–Kier alpha value is -1.69. The zero-order valence-corrected chi connectivity index (χ0v) is 17.0. The minimum Gasteiger partial charge on any atom is -0.493 e. The van der Waals surface area contributed by atoms with Crippen molar-refractivity contribution < 1.29 is 9.47 Å². The number of methoxy groups -OCH3 is 1. The molecule has 0 bridgehead atoms. The number of halogens is 3. The molecule has 1 heterocycles. The SMILES string of the molecule is COc1cc(/C=N\Nc2nc(Cl)c(Cl)cc2Cl)ccc1OCCC(C)C. The van der Waals surface area contributed by atoms with Crippen molar-refractivity contribution in [3.63, 3.8) is 0 Å². The van der Waals surface area contributed by atoms with Crippen molar-refractivity contribution in [2.75, 3.05) is 19.1 Å². The maximum absolute atomic E-state index is 6.04. The molecule has 0 atom stereocenters. The Morgan fingerprint density at radius 1 is 1.15 bits per heavy atom. The smallest absolute Gasteiger partial charge is 0.166 e. The largest absolute Gasteiger partial charge is 0.493 e. The van der Waals surface area contributed by atoms with Crippen LogP contribution in [0.15, 0.2) is 29.4 Å². The summed E-state index contributed by atoms with van der Waals surface area (Å²) in [6.07, 6.45) is 2.59. The van der Waals surface area contributed by atoms with Crippen LogP contribution in [0.25, 0.3) is 0 Å². The van der Waals surface area contributed by atoms with Crippen LogP contribution in [0.4, 0.5) is 5.82 Å². The van der Waals surface area contributed by atoms with E-state index < -0.39 is 0 Å². The summed E-state index contributed by atoms with van der Waals surface area (Å²) in [5.41, 5.74) is 3.56. The predicted molar refractivity (Wildman–Crippen MR) is 108 cm³/mol. The summed E-state index contributed by atoms with van der Waals surface area (Å²) in [7, 11) is 1.60. The molecule has 0 saturated heterocycles. The Morgan fingerprint density at radius 3 is 2.62 bits per heavy atom. The number of rotatable bonds is 8. The number of anilines is 1. The molecule has 1 aromatic heterocycles. The quantitative estimate of drug-likeness (QED) is 0.329. The Labute approximate surface area is 168 Å². The number of aromatic nitrogens is 1. The van der Waals surface area contributed by atoms with Crippen LogP contribution in [-0.4, -0.2) is 24.9 Å². The Kier molecular flexibility index (Phi) is 7.82. The number of nitrogens with zero attached hydrogens (tertiary/aromatic N) is 2. The Balaban J connectivity index is 2.05. The molecule has 0 fully saturated rings. The van der Waals surface area contributed by atoms with Gasteiger partial charge in [0.2, 0.25) is 0 Å². The first kappa shape index (κ1) is 20.6. The van der Waals surface area contributed by atoms with Crippen molar-refractivity contribution in [2.45, 2.75) is 20.3 Å². The number of ether oxygens (including phenoxy) is 2. The van der Waals surface area contributed by atoms with Gasteiger partial charge in [0.15, 0.2) is 17.3 Å². The maximum atomic E-state index is 6.04. The minimum atomic E-state index is 0.151. The third-order valence-electron chi connectivity index (χ3n) is 3.41. The second-order valence-corrected chi connectivity index (χ2v) is 7.08. The molecular formula is C18H20Cl3N3O2. The highest BCUT2D eigenvalue weighted by atomic mass is 35.5. The molecule has 26 heavy (non-hydrogen) atoms. The van der Waals surface area contributed by atoms with Crippen LogP contribution in [0.5, 0.6) is 11.5 Å². The molecule has 140 valence electrons. The number of nitrogens with one attached hydrogen (secondary N) is 1. The fourth-order valence-electron chi connectivity index (χ4n) is 1.98. The van der Waals surface area contributed by atoms with Crippen molar-refractivity contribution in [2.24, 2.45) is 11.0 Å². The van der Waals surface area contributed by atoms with Crippen molar-refractivity contribution in [3.8, 4) is 11.5 Å². The molecule has 1 N–H and O–H groups in total. The van der Waals surface area contributed by atoms with Crippen LogP contribution in [0.1, 0.15) is 25.8 Å². The Morgan fingerprint density at radius 2 is 1.92 bits per heavy atom. The van der Waals surface area contributed by atoms with E-state index in [1.54, 1.807) is 13.3 Å². The summed E-state index contributed by atoms with van der Waals surface area (Å²) in [5.74, 6) is 2.24. The zero-order chi connectivity index (χ0) is 19.1. The highest BCUT2D eigenvalue weighted by Crippen LogP contribution is 2.29. The third kappa shape index (κ3) is 5.94. The molecule has 1 aromatic carbocycles. The molecule has 5 nitrogen and oxygen atoms in total. The van der Waals surface area contributed by atoms with Crippen LogP contribution in [0.3, 0.4) is 0 Å². The van der Waals surface area contributed by atoms with Gasteiger partial charge in [-0.15, -0.1) is 0 Å². The molecule has 0 spiro atoms. The van der Waals surface area contributed by atoms with E-state index in [0.717, 1.165) is 12.0 Å². The van der Waals surface area contributed by atoms with Gasteiger partial charge < -0.3 is 9.47 Å². The molecule has 0 aliphatic rings. The standard InChI is InChI=1S/C18H20Cl3N3O2/c1-11(2)6-7-26-15-5-4-12(8-16(15)25-3)10-22-24-18-14(20)9-13(19)17(21)23-18/h4-5,8-11H,6-7H2,1-3H3,(H,23,24)/b22-10-. The lowest BCUT2D eigenvalue weighted by molar-refractivity contribution is 0.273. The van der Waals surface area contributed by atoms with Crippen molar-refractivity contribution in [1.82, 2.24) is 4.98 Å². The van der Waals surface area contributed by atoms with Gasteiger partial charge in [0.05, 0.1) is 30.0 Å². The third-order valence-corrected chi connectivity index (χ3v) is 4.37. The first-order valence-electron chi connectivity index (χ1n) is 8.02. The molecule has 0 unspecified atom stereocenters. The Bertz CT molecular complexity index is 783. The summed E-state index contributed by atoms with van der Waals surface area (Å²) in [6.45, 7) is 4.95. The molecular weight excluding hydrogens is 397 g/mol. The molecule has 0 aliphatic heterocycles. The average Bonchev–Trinajstić information content (AvgIpc) is 2.60. The molecule has 0 amide bonds. The second kappa shape index (κ2) is 9.86. The number of hydrogen-bond donors (Lipinski definition) is 1. The molecule has 0 radical (unpaired) electrons. The van der Waals surface area contributed by atoms with E-state index in [9.17, 15) is 0 Å². The first-order valence-corrected chi connectivity index (χ1v) is 9.15. The molecule has 2 aromatic rings. The average molecular weight is 417 g/mol. The van der Waals surface area contributed by atoms with Gasteiger partial charge in [-0.1, -0.05) is 48.7 Å². The van der Waals surface area contributed by atoms with E-state index in [1.165, 1.54) is 6.07 Å². The number of hydrogen-bond acceptors (Lipinski definition) is 5. The topological polar surface area (TPSA) is 55.7 Å². The fourth-order valence-corrected chi connectivity index (χ4v) is 2.52. The summed E-state index contributed by atoms with van der Waals surface area (Å²) >= 11 is 17.8. The molecule has 0 saturated carbocycles. The lowest BCUT2D eigenvalue weighted by Crippen LogP contribution is -2.03. The van der Waals surface area contributed by atoms with E-state index in [-0.39, 0.29) is 10.2 Å². The predicted octanol–water partition coefficient (Wildman–Crippen LogP) is 5.92. The van der Waals surface area contributed by atoms with Gasteiger partial charge in [-0.3, -0.25) is 5.43 Å². The van der Waals surface area contributed by atoms with Gasteiger partial charge >= 0.3 is 0 Å². The highest BCUT2D eigenvalue weighted by molar-refractivity contribution is 6.42. The van der Waals surface area contributed by atoms with Crippen LogP contribution in [0.2, 0.25) is 15.2 Å². The lowest BCUT2D eigenvalue weighted by Gasteiger charge is -2.12. The normalized spacial score (nSPS) is 11.2. The zero-order valence-electron chi connectivity index (χ0n) is 14.7. The fraction of sp³-hybridized carbons (Fsp3) is 0.333. The minimum absolute atomic E-state index is 0.151. The van der Waals surface area contributed by atoms with E-state index in [1.807, 2.05) is 18.2 Å². The first-order chi connectivity index (χ1) is 12.4. The maximum Gasteiger partial charge on any atom is 0.166 e. The summed E-state index contributed by atoms with van der Waals surface area (Å²) < 4.78 is 11.2. The van der Waals surface area contributed by atoms with Crippen molar-refractivity contribution >= 4 is 46.8 Å². The monoisotopic (exact) mass is 415 g/mol. The second-order valence-electron chi connectivity index (χ2n) is 5.90. The van der Waals surface area contributed by atoms with Crippen molar-refractivity contribution in [3.05, 3.63) is 45.0 Å². The van der Waals surface area contributed by atoms with Gasteiger partial charge in [0.25, 0.3) is 0 Å². The summed E-state index contributed by atoms with van der Waals surface area (Å²) in [4.78, 5) is 4.03. The van der Waals surface area contributed by atoms with Gasteiger partial charge in [-0.2, -0.15) is 5.10 Å². The number of pyridine rings is 1. The molecule has 2 rings (SSSR count). The molecule has 0 aliphatic carbocycles. The van der Waals surface area contributed by atoms with E-state index in [0.29, 0.717) is 34.9 Å². The van der Waals surface area contributed by atoms with E-state index >= 15 is 0 Å².